The number of nitriles is 1. The van der Waals surface area contributed by atoms with Gasteiger partial charge in [-0.25, -0.2) is 0 Å². The van der Waals surface area contributed by atoms with Crippen LogP contribution in [0.3, 0.4) is 0 Å². The Bertz CT molecular complexity index is 743. The van der Waals surface area contributed by atoms with Crippen molar-refractivity contribution in [1.82, 2.24) is 0 Å². The molecule has 0 heterocycles. The van der Waals surface area contributed by atoms with E-state index in [2.05, 4.69) is 5.32 Å². The van der Waals surface area contributed by atoms with Crippen LogP contribution >= 0.6 is 35.0 Å². The predicted molar refractivity (Wildman–Crippen MR) is 91.6 cm³/mol. The zero-order valence-corrected chi connectivity index (χ0v) is 14.0. The van der Waals surface area contributed by atoms with E-state index in [1.165, 1.54) is 11.8 Å². The number of halogens is 2. The maximum atomic E-state index is 12.3. The van der Waals surface area contributed by atoms with Gasteiger partial charge in [0.05, 0.1) is 21.5 Å². The molecule has 0 fully saturated rings. The van der Waals surface area contributed by atoms with E-state index in [0.717, 1.165) is 4.90 Å². The fourth-order valence-corrected chi connectivity index (χ4v) is 3.15. The van der Waals surface area contributed by atoms with Gasteiger partial charge in [0.2, 0.25) is 5.91 Å². The van der Waals surface area contributed by atoms with Crippen molar-refractivity contribution >= 4 is 46.6 Å². The molecular formula is C16H12Cl2N2OS. The molecule has 1 amide bonds. The molecular weight excluding hydrogens is 339 g/mol. The average molecular weight is 351 g/mol. The third-order valence-corrected chi connectivity index (χ3v) is 4.71. The summed E-state index contributed by atoms with van der Waals surface area (Å²) in [5.41, 5.74) is 0.925. The van der Waals surface area contributed by atoms with Gasteiger partial charge in [0, 0.05) is 9.92 Å². The first kappa shape index (κ1) is 16.7. The maximum absolute atomic E-state index is 12.3. The highest BCUT2D eigenvalue weighted by atomic mass is 35.5. The molecule has 0 aliphatic carbocycles. The Morgan fingerprint density at radius 2 is 2.00 bits per heavy atom. The summed E-state index contributed by atoms with van der Waals surface area (Å²) in [7, 11) is 0. The van der Waals surface area contributed by atoms with Gasteiger partial charge in [0.15, 0.2) is 0 Å². The summed E-state index contributed by atoms with van der Waals surface area (Å²) in [5.74, 6) is -0.205. The molecule has 0 radical (unpaired) electrons. The molecule has 0 aliphatic rings. The minimum Gasteiger partial charge on any atom is -0.324 e. The van der Waals surface area contributed by atoms with Crippen LogP contribution in [0.15, 0.2) is 47.4 Å². The number of anilines is 1. The van der Waals surface area contributed by atoms with E-state index >= 15 is 0 Å². The first-order chi connectivity index (χ1) is 10.5. The van der Waals surface area contributed by atoms with Gasteiger partial charge in [0.25, 0.3) is 0 Å². The normalized spacial score (nSPS) is 11.5. The Morgan fingerprint density at radius 3 is 2.73 bits per heavy atom. The van der Waals surface area contributed by atoms with Crippen molar-refractivity contribution in [3.8, 4) is 6.07 Å². The van der Waals surface area contributed by atoms with E-state index < -0.39 is 0 Å². The van der Waals surface area contributed by atoms with Crippen molar-refractivity contribution in [3.05, 3.63) is 58.1 Å². The molecule has 1 N–H and O–H groups in total. The topological polar surface area (TPSA) is 52.9 Å². The Kier molecular flexibility index (Phi) is 5.73. The monoisotopic (exact) mass is 350 g/mol. The van der Waals surface area contributed by atoms with Crippen molar-refractivity contribution in [2.24, 2.45) is 0 Å². The van der Waals surface area contributed by atoms with Gasteiger partial charge < -0.3 is 5.32 Å². The van der Waals surface area contributed by atoms with Crippen LogP contribution in [0.4, 0.5) is 5.69 Å². The first-order valence-corrected chi connectivity index (χ1v) is 8.06. The summed E-state index contributed by atoms with van der Waals surface area (Å²) in [5, 5.41) is 12.5. The van der Waals surface area contributed by atoms with E-state index in [1.807, 2.05) is 6.07 Å². The molecule has 0 spiro atoms. The second-order valence-corrected chi connectivity index (χ2v) is 6.71. The van der Waals surface area contributed by atoms with E-state index in [0.29, 0.717) is 21.3 Å². The molecule has 0 saturated carbocycles. The number of hydrogen-bond donors (Lipinski definition) is 1. The molecule has 0 aromatic heterocycles. The van der Waals surface area contributed by atoms with E-state index in [9.17, 15) is 4.79 Å². The molecule has 22 heavy (non-hydrogen) atoms. The number of amides is 1. The Hall–Kier alpha value is -1.67. The van der Waals surface area contributed by atoms with Crippen LogP contribution in [0.5, 0.6) is 0 Å². The van der Waals surface area contributed by atoms with Crippen LogP contribution in [-0.2, 0) is 4.79 Å². The lowest BCUT2D eigenvalue weighted by Crippen LogP contribution is -2.22. The van der Waals surface area contributed by atoms with Gasteiger partial charge in [-0.3, -0.25) is 4.79 Å². The molecule has 0 saturated heterocycles. The van der Waals surface area contributed by atoms with Gasteiger partial charge in [-0.1, -0.05) is 35.3 Å². The summed E-state index contributed by atoms with van der Waals surface area (Å²) in [6.07, 6.45) is 0. The Morgan fingerprint density at radius 1 is 1.27 bits per heavy atom. The Labute approximate surface area is 143 Å². The second-order valence-electron chi connectivity index (χ2n) is 4.48. The number of carbonyl (C=O) groups excluding carboxylic acids is 1. The summed E-state index contributed by atoms with van der Waals surface area (Å²) < 4.78 is 0. The molecule has 2 aromatic carbocycles. The number of thioether (sulfide) groups is 1. The first-order valence-electron chi connectivity index (χ1n) is 6.43. The third-order valence-electron chi connectivity index (χ3n) is 2.87. The van der Waals surface area contributed by atoms with Gasteiger partial charge in [0.1, 0.15) is 6.07 Å². The van der Waals surface area contributed by atoms with Crippen LogP contribution in [0, 0.1) is 11.3 Å². The van der Waals surface area contributed by atoms with Gasteiger partial charge in [-0.15, -0.1) is 11.8 Å². The van der Waals surface area contributed by atoms with Crippen LogP contribution < -0.4 is 5.32 Å². The fourth-order valence-electron chi connectivity index (χ4n) is 1.74. The van der Waals surface area contributed by atoms with Crippen LogP contribution in [0.2, 0.25) is 10.0 Å². The zero-order chi connectivity index (χ0) is 16.1. The summed E-state index contributed by atoms with van der Waals surface area (Å²) in [4.78, 5) is 13.0. The molecule has 0 bridgehead atoms. The SMILES string of the molecule is C[C@@H](Sc1cc(Cl)ccc1Cl)C(=O)Nc1ccccc1C#N. The molecule has 3 nitrogen and oxygen atoms in total. The lowest BCUT2D eigenvalue weighted by atomic mass is 10.2. The summed E-state index contributed by atoms with van der Waals surface area (Å²) >= 11 is 13.4. The zero-order valence-electron chi connectivity index (χ0n) is 11.6. The number of nitrogens with one attached hydrogen (secondary N) is 1. The highest BCUT2D eigenvalue weighted by Crippen LogP contribution is 2.33. The predicted octanol–water partition coefficient (Wildman–Crippen LogP) is 4.98. The van der Waals surface area contributed by atoms with Gasteiger partial charge in [-0.05, 0) is 37.3 Å². The molecule has 6 heteroatoms. The maximum Gasteiger partial charge on any atom is 0.237 e. The largest absolute Gasteiger partial charge is 0.324 e. The minimum atomic E-state index is -0.386. The summed E-state index contributed by atoms with van der Waals surface area (Å²) in [6, 6.07) is 14.0. The molecule has 2 rings (SSSR count). The average Bonchev–Trinajstić information content (AvgIpc) is 2.51. The van der Waals surface area contributed by atoms with Crippen molar-refractivity contribution in [1.29, 1.82) is 5.26 Å². The third kappa shape index (κ3) is 4.17. The Balaban J connectivity index is 2.10. The number of rotatable bonds is 4. The second kappa shape index (κ2) is 7.55. The van der Waals surface area contributed by atoms with Crippen LogP contribution in [0.1, 0.15) is 12.5 Å². The molecule has 0 unspecified atom stereocenters. The van der Waals surface area contributed by atoms with E-state index in [-0.39, 0.29) is 11.2 Å². The van der Waals surface area contributed by atoms with E-state index in [4.69, 9.17) is 28.5 Å². The highest BCUT2D eigenvalue weighted by Gasteiger charge is 2.17. The van der Waals surface area contributed by atoms with Gasteiger partial charge in [-0.2, -0.15) is 5.26 Å². The summed E-state index contributed by atoms with van der Waals surface area (Å²) in [6.45, 7) is 1.77. The molecule has 0 aliphatic heterocycles. The van der Waals surface area contributed by atoms with Crippen LogP contribution in [0.25, 0.3) is 0 Å². The van der Waals surface area contributed by atoms with Crippen molar-refractivity contribution in [3.63, 3.8) is 0 Å². The van der Waals surface area contributed by atoms with Crippen molar-refractivity contribution in [2.75, 3.05) is 5.32 Å². The fraction of sp³-hybridized carbons (Fsp3) is 0.125. The minimum absolute atomic E-state index is 0.205. The smallest absolute Gasteiger partial charge is 0.237 e. The molecule has 1 atom stereocenters. The molecule has 2 aromatic rings. The quantitative estimate of drug-likeness (QED) is 0.790. The lowest BCUT2D eigenvalue weighted by molar-refractivity contribution is -0.115. The number of para-hydroxylation sites is 1. The number of hydrogen-bond acceptors (Lipinski definition) is 3. The number of benzene rings is 2. The standard InChI is InChI=1S/C16H12Cl2N2OS/c1-10(22-15-8-12(17)6-7-13(15)18)16(21)20-14-5-3-2-4-11(14)9-19/h2-8,10H,1H3,(H,20,21)/t10-/m1/s1. The number of nitrogens with zero attached hydrogens (tertiary/aromatic N) is 1. The lowest BCUT2D eigenvalue weighted by Gasteiger charge is -2.13. The van der Waals surface area contributed by atoms with Crippen molar-refractivity contribution in [2.45, 2.75) is 17.1 Å². The molecule has 112 valence electrons. The van der Waals surface area contributed by atoms with Crippen molar-refractivity contribution < 1.29 is 4.79 Å². The van der Waals surface area contributed by atoms with E-state index in [1.54, 1.807) is 49.4 Å². The highest BCUT2D eigenvalue weighted by molar-refractivity contribution is 8.00. The number of carbonyl (C=O) groups is 1. The van der Waals surface area contributed by atoms with Crippen LogP contribution in [-0.4, -0.2) is 11.2 Å². The van der Waals surface area contributed by atoms with Gasteiger partial charge >= 0.3 is 0 Å².